The number of hydrogen-bond acceptors (Lipinski definition) is 4. The van der Waals surface area contributed by atoms with E-state index in [-0.39, 0.29) is 33.2 Å². The summed E-state index contributed by atoms with van der Waals surface area (Å²) in [6.45, 7) is 4.83. The third-order valence-corrected chi connectivity index (χ3v) is 12.3. The zero-order valence-corrected chi connectivity index (χ0v) is 30.3. The fourth-order valence-corrected chi connectivity index (χ4v) is 9.08. The first kappa shape index (κ1) is 36.7. The number of benzene rings is 2. The quantitative estimate of drug-likeness (QED) is 0.102. The number of ether oxygens (including phenoxy) is 2. The van der Waals surface area contributed by atoms with Crippen LogP contribution in [0.15, 0.2) is 48.5 Å². The Bertz CT molecular complexity index is 1240. The zero-order valence-electron chi connectivity index (χ0n) is 30.3. The van der Waals surface area contributed by atoms with Crippen molar-refractivity contribution in [3.63, 3.8) is 0 Å². The molecular weight excluding hydrogens is 592 g/mol. The molecule has 0 aromatic heterocycles. The van der Waals surface area contributed by atoms with E-state index in [1.165, 1.54) is 114 Å². The average Bonchev–Trinajstić information content (AvgIpc) is 3.12. The summed E-state index contributed by atoms with van der Waals surface area (Å²) in [5, 5.41) is 0. The maximum absolute atomic E-state index is 13.2. The van der Waals surface area contributed by atoms with E-state index in [0.29, 0.717) is 23.1 Å². The molecule has 0 spiro atoms. The van der Waals surface area contributed by atoms with Gasteiger partial charge in [0.2, 0.25) is 0 Å². The van der Waals surface area contributed by atoms with Gasteiger partial charge in [0.05, 0.1) is 18.6 Å². The second kappa shape index (κ2) is 19.0. The monoisotopic (exact) mass is 661 g/mol. The third kappa shape index (κ3) is 10.9. The summed E-state index contributed by atoms with van der Waals surface area (Å²) in [5.41, 5.74) is 2.97. The van der Waals surface area contributed by atoms with Crippen LogP contribution in [-0.2, 0) is 9.53 Å². The minimum atomic E-state index is -0.351. The predicted octanol–water partition coefficient (Wildman–Crippen LogP) is 13.0. The smallest absolute Gasteiger partial charge is 0.338 e. The van der Waals surface area contributed by atoms with Gasteiger partial charge < -0.3 is 9.47 Å². The number of carbonyl (C=O) groups is 2. The van der Waals surface area contributed by atoms with Crippen LogP contribution in [0.25, 0.3) is 0 Å². The molecule has 3 saturated carbocycles. The summed E-state index contributed by atoms with van der Waals surface area (Å²) >= 11 is 0. The standard InChI is InChI=1S/C44H64O4.2H2/c1-3-5-8-12-34-14-18-36(19-15-34)38-22-24-40(25-23-38)43(46)47-33-44(30-10-7-11-31-44)32-42(45)48-41-28-26-39(27-29-41)37-20-16-35(17-21-37)13-9-6-4-2;;/h22-29,34-37H,3-21,30-33H2,1-2H3;2*1H. The molecule has 268 valence electrons. The molecule has 0 atom stereocenters. The van der Waals surface area contributed by atoms with Gasteiger partial charge >= 0.3 is 11.9 Å². The van der Waals surface area contributed by atoms with E-state index < -0.39 is 0 Å². The second-order valence-electron chi connectivity index (χ2n) is 15.9. The second-order valence-corrected chi connectivity index (χ2v) is 15.9. The maximum Gasteiger partial charge on any atom is 0.338 e. The maximum atomic E-state index is 13.2. The Hall–Kier alpha value is -2.62. The summed E-state index contributed by atoms with van der Waals surface area (Å²) < 4.78 is 11.8. The lowest BCUT2D eigenvalue weighted by Gasteiger charge is -2.35. The van der Waals surface area contributed by atoms with Crippen LogP contribution >= 0.6 is 0 Å². The summed E-state index contributed by atoms with van der Waals surface area (Å²) in [5.74, 6) is 3.12. The van der Waals surface area contributed by atoms with Crippen LogP contribution in [0.1, 0.15) is 191 Å². The molecule has 0 bridgehead atoms. The van der Waals surface area contributed by atoms with Crippen LogP contribution in [0.4, 0.5) is 0 Å². The topological polar surface area (TPSA) is 52.6 Å². The van der Waals surface area contributed by atoms with Crippen LogP contribution in [0.2, 0.25) is 0 Å². The molecule has 0 aliphatic heterocycles. The van der Waals surface area contributed by atoms with Gasteiger partial charge in [0.15, 0.2) is 0 Å². The van der Waals surface area contributed by atoms with Crippen molar-refractivity contribution in [2.75, 3.05) is 6.61 Å². The predicted molar refractivity (Wildman–Crippen MR) is 201 cm³/mol. The molecule has 0 radical (unpaired) electrons. The molecule has 3 fully saturated rings. The molecule has 2 aromatic carbocycles. The molecule has 5 rings (SSSR count). The fraction of sp³-hybridized carbons (Fsp3) is 0.682. The first-order valence-electron chi connectivity index (χ1n) is 20.0. The lowest BCUT2D eigenvalue weighted by atomic mass is 9.72. The van der Waals surface area contributed by atoms with E-state index in [1.807, 2.05) is 24.3 Å². The number of esters is 2. The molecule has 48 heavy (non-hydrogen) atoms. The third-order valence-electron chi connectivity index (χ3n) is 12.3. The number of carbonyl (C=O) groups excluding carboxylic acids is 2. The van der Waals surface area contributed by atoms with E-state index in [1.54, 1.807) is 0 Å². The number of rotatable bonds is 16. The van der Waals surface area contributed by atoms with Gasteiger partial charge in [-0.1, -0.05) is 109 Å². The van der Waals surface area contributed by atoms with Crippen LogP contribution in [-0.4, -0.2) is 18.5 Å². The highest BCUT2D eigenvalue weighted by Gasteiger charge is 2.37. The zero-order chi connectivity index (χ0) is 33.6. The molecule has 2 aromatic rings. The van der Waals surface area contributed by atoms with Crippen LogP contribution in [0.5, 0.6) is 5.75 Å². The molecular formula is C44H68O4. The largest absolute Gasteiger partial charge is 0.461 e. The van der Waals surface area contributed by atoms with Gasteiger partial charge in [0.25, 0.3) is 0 Å². The van der Waals surface area contributed by atoms with Crippen LogP contribution in [0.3, 0.4) is 0 Å². The first-order chi connectivity index (χ1) is 23.5. The van der Waals surface area contributed by atoms with Gasteiger partial charge in [0, 0.05) is 8.27 Å². The highest BCUT2D eigenvalue weighted by molar-refractivity contribution is 5.89. The normalized spacial score (nSPS) is 24.1. The molecule has 3 aliphatic carbocycles. The highest BCUT2D eigenvalue weighted by Crippen LogP contribution is 2.42. The molecule has 0 saturated heterocycles. The molecule has 4 heteroatoms. The number of hydrogen-bond donors (Lipinski definition) is 0. The Kier molecular flexibility index (Phi) is 14.5. The highest BCUT2D eigenvalue weighted by atomic mass is 16.5. The Morgan fingerprint density at radius 3 is 1.67 bits per heavy atom. The van der Waals surface area contributed by atoms with Crippen molar-refractivity contribution in [1.82, 2.24) is 0 Å². The van der Waals surface area contributed by atoms with Crippen LogP contribution in [0, 0.1) is 17.3 Å². The summed E-state index contributed by atoms with van der Waals surface area (Å²) in [7, 11) is 0. The molecule has 3 aliphatic rings. The fourth-order valence-electron chi connectivity index (χ4n) is 9.08. The summed E-state index contributed by atoms with van der Waals surface area (Å²) in [6.07, 6.45) is 26.5. The van der Waals surface area contributed by atoms with Gasteiger partial charge in [0.1, 0.15) is 5.75 Å². The SMILES string of the molecule is CCCCCC1CCC(c2ccc(OC(=O)CC3(COC(=O)c4ccc(C5CCC(CCCCC)CC5)cc4)CCCCC3)cc2)CC1.[HH].[HH]. The lowest BCUT2D eigenvalue weighted by molar-refractivity contribution is -0.138. The molecule has 0 heterocycles. The van der Waals surface area contributed by atoms with Crippen molar-refractivity contribution >= 4 is 11.9 Å². The first-order valence-corrected chi connectivity index (χ1v) is 20.0. The summed E-state index contributed by atoms with van der Waals surface area (Å²) in [6, 6.07) is 16.4. The van der Waals surface area contributed by atoms with E-state index in [9.17, 15) is 9.59 Å². The van der Waals surface area contributed by atoms with Gasteiger partial charge in [-0.05, 0) is 123 Å². The van der Waals surface area contributed by atoms with E-state index >= 15 is 0 Å². The van der Waals surface area contributed by atoms with E-state index in [2.05, 4.69) is 38.1 Å². The molecule has 4 nitrogen and oxygen atoms in total. The van der Waals surface area contributed by atoms with Crippen LogP contribution < -0.4 is 4.74 Å². The minimum Gasteiger partial charge on any atom is -0.461 e. The molecule has 0 N–H and O–H groups in total. The Labute approximate surface area is 295 Å². The molecule has 0 amide bonds. The summed E-state index contributed by atoms with van der Waals surface area (Å²) in [4.78, 5) is 26.4. The van der Waals surface area contributed by atoms with Crippen molar-refractivity contribution < 1.29 is 21.9 Å². The Balaban J connectivity index is 0.00000338. The van der Waals surface area contributed by atoms with Crippen molar-refractivity contribution in [1.29, 1.82) is 0 Å². The minimum absolute atomic E-state index is 0. The van der Waals surface area contributed by atoms with E-state index in [4.69, 9.17) is 9.47 Å². The average molecular weight is 661 g/mol. The van der Waals surface area contributed by atoms with Crippen molar-refractivity contribution in [2.45, 2.75) is 167 Å². The van der Waals surface area contributed by atoms with Crippen molar-refractivity contribution in [3.8, 4) is 5.75 Å². The van der Waals surface area contributed by atoms with Crippen molar-refractivity contribution in [2.24, 2.45) is 17.3 Å². The van der Waals surface area contributed by atoms with Crippen molar-refractivity contribution in [3.05, 3.63) is 65.2 Å². The van der Waals surface area contributed by atoms with Gasteiger partial charge in [-0.25, -0.2) is 4.79 Å². The number of unbranched alkanes of at least 4 members (excludes halogenated alkanes) is 4. The van der Waals surface area contributed by atoms with Gasteiger partial charge in [-0.2, -0.15) is 0 Å². The van der Waals surface area contributed by atoms with Gasteiger partial charge in [-0.15, -0.1) is 0 Å². The Morgan fingerprint density at radius 2 is 1.17 bits per heavy atom. The van der Waals surface area contributed by atoms with Gasteiger partial charge in [-0.3, -0.25) is 4.79 Å². The molecule has 0 unspecified atom stereocenters. The Morgan fingerprint density at radius 1 is 0.667 bits per heavy atom. The lowest BCUT2D eigenvalue weighted by Crippen LogP contribution is -2.34. The van der Waals surface area contributed by atoms with E-state index in [0.717, 1.165) is 43.9 Å².